The Hall–Kier alpha value is -1.42. The molecular formula is C10H15N3O. The van der Waals surface area contributed by atoms with E-state index in [2.05, 4.69) is 21.9 Å². The first-order valence-corrected chi connectivity index (χ1v) is 4.48. The van der Waals surface area contributed by atoms with E-state index in [0.29, 0.717) is 5.95 Å². The molecule has 1 unspecified atom stereocenters. The number of hydrogen-bond donors (Lipinski definition) is 2. The molecule has 1 aromatic rings. The van der Waals surface area contributed by atoms with Gasteiger partial charge in [-0.25, -0.2) is 9.97 Å². The van der Waals surface area contributed by atoms with Crippen LogP contribution in [0.4, 0.5) is 5.95 Å². The van der Waals surface area contributed by atoms with E-state index in [1.54, 1.807) is 6.08 Å². The SMILES string of the molecule is C=CC(CO)Nc1nc(C)cc(C)n1. The van der Waals surface area contributed by atoms with E-state index in [4.69, 9.17) is 5.11 Å². The highest BCUT2D eigenvalue weighted by molar-refractivity contribution is 5.30. The monoisotopic (exact) mass is 193 g/mol. The van der Waals surface area contributed by atoms with Crippen molar-refractivity contribution in [1.82, 2.24) is 9.97 Å². The Morgan fingerprint density at radius 3 is 2.50 bits per heavy atom. The molecule has 0 aliphatic carbocycles. The van der Waals surface area contributed by atoms with Gasteiger partial charge in [0.25, 0.3) is 0 Å². The summed E-state index contributed by atoms with van der Waals surface area (Å²) < 4.78 is 0. The maximum atomic E-state index is 8.94. The van der Waals surface area contributed by atoms with E-state index >= 15 is 0 Å². The van der Waals surface area contributed by atoms with Crippen LogP contribution in [0.5, 0.6) is 0 Å². The first-order valence-electron chi connectivity index (χ1n) is 4.48. The van der Waals surface area contributed by atoms with Gasteiger partial charge >= 0.3 is 0 Å². The molecule has 0 aromatic carbocycles. The first-order chi connectivity index (χ1) is 6.65. The zero-order valence-electron chi connectivity index (χ0n) is 8.49. The number of nitrogens with zero attached hydrogens (tertiary/aromatic N) is 2. The highest BCUT2D eigenvalue weighted by atomic mass is 16.3. The van der Waals surface area contributed by atoms with Gasteiger partial charge in [0.2, 0.25) is 5.95 Å². The van der Waals surface area contributed by atoms with E-state index in [9.17, 15) is 0 Å². The Bertz CT molecular complexity index is 305. The molecule has 1 heterocycles. The maximum absolute atomic E-state index is 8.94. The Kier molecular flexibility index (Phi) is 3.59. The molecule has 14 heavy (non-hydrogen) atoms. The van der Waals surface area contributed by atoms with Crippen LogP contribution in [0.2, 0.25) is 0 Å². The van der Waals surface area contributed by atoms with Crippen molar-refractivity contribution in [3.8, 4) is 0 Å². The Morgan fingerprint density at radius 2 is 2.07 bits per heavy atom. The minimum absolute atomic E-state index is 0.0140. The molecule has 0 spiro atoms. The third-order valence-corrected chi connectivity index (χ3v) is 1.78. The third-order valence-electron chi connectivity index (χ3n) is 1.78. The normalized spacial score (nSPS) is 12.2. The standard InChI is InChI=1S/C10H15N3O/c1-4-9(6-14)13-10-11-7(2)5-8(3)12-10/h4-5,9,14H,1,6H2,2-3H3,(H,11,12,13). The van der Waals surface area contributed by atoms with Crippen LogP contribution in [0.15, 0.2) is 18.7 Å². The second-order valence-corrected chi connectivity index (χ2v) is 3.14. The lowest BCUT2D eigenvalue weighted by atomic mass is 10.3. The lowest BCUT2D eigenvalue weighted by Crippen LogP contribution is -2.22. The van der Waals surface area contributed by atoms with Crippen molar-refractivity contribution in [1.29, 1.82) is 0 Å². The van der Waals surface area contributed by atoms with Crippen LogP contribution in [0.25, 0.3) is 0 Å². The zero-order chi connectivity index (χ0) is 10.6. The van der Waals surface area contributed by atoms with Crippen molar-refractivity contribution in [3.05, 3.63) is 30.1 Å². The van der Waals surface area contributed by atoms with E-state index < -0.39 is 0 Å². The summed E-state index contributed by atoms with van der Waals surface area (Å²) in [5.41, 5.74) is 1.81. The van der Waals surface area contributed by atoms with Gasteiger partial charge in [-0.2, -0.15) is 0 Å². The molecule has 0 amide bonds. The van der Waals surface area contributed by atoms with Crippen LogP contribution >= 0.6 is 0 Å². The Labute approximate surface area is 83.7 Å². The highest BCUT2D eigenvalue weighted by Crippen LogP contribution is 2.05. The number of aromatic nitrogens is 2. The van der Waals surface area contributed by atoms with Crippen molar-refractivity contribution < 1.29 is 5.11 Å². The van der Waals surface area contributed by atoms with Crippen LogP contribution in [-0.4, -0.2) is 27.7 Å². The Morgan fingerprint density at radius 1 is 1.50 bits per heavy atom. The van der Waals surface area contributed by atoms with Crippen molar-refractivity contribution in [3.63, 3.8) is 0 Å². The number of hydrogen-bond acceptors (Lipinski definition) is 4. The lowest BCUT2D eigenvalue weighted by Gasteiger charge is -2.12. The molecule has 0 radical (unpaired) electrons. The van der Waals surface area contributed by atoms with Crippen LogP contribution in [0.3, 0.4) is 0 Å². The summed E-state index contributed by atoms with van der Waals surface area (Å²) in [4.78, 5) is 8.38. The topological polar surface area (TPSA) is 58.0 Å². The molecular weight excluding hydrogens is 178 g/mol. The smallest absolute Gasteiger partial charge is 0.223 e. The lowest BCUT2D eigenvalue weighted by molar-refractivity contribution is 0.290. The first kappa shape index (κ1) is 10.7. The van der Waals surface area contributed by atoms with Crippen molar-refractivity contribution in [2.24, 2.45) is 0 Å². The molecule has 2 N–H and O–H groups in total. The van der Waals surface area contributed by atoms with Crippen molar-refractivity contribution in [2.75, 3.05) is 11.9 Å². The summed E-state index contributed by atoms with van der Waals surface area (Å²) in [6.07, 6.45) is 1.63. The molecule has 0 fully saturated rings. The number of anilines is 1. The van der Waals surface area contributed by atoms with E-state index in [1.165, 1.54) is 0 Å². The molecule has 1 aromatic heterocycles. The van der Waals surface area contributed by atoms with E-state index in [1.807, 2.05) is 19.9 Å². The minimum Gasteiger partial charge on any atom is -0.394 e. The largest absolute Gasteiger partial charge is 0.394 e. The summed E-state index contributed by atoms with van der Waals surface area (Å²) in [6, 6.07) is 1.70. The number of rotatable bonds is 4. The maximum Gasteiger partial charge on any atom is 0.223 e. The molecule has 0 aliphatic heterocycles. The van der Waals surface area contributed by atoms with E-state index in [0.717, 1.165) is 11.4 Å². The molecule has 76 valence electrons. The molecule has 0 saturated heterocycles. The van der Waals surface area contributed by atoms with Gasteiger partial charge in [-0.1, -0.05) is 6.08 Å². The highest BCUT2D eigenvalue weighted by Gasteiger charge is 2.04. The molecule has 0 saturated carbocycles. The van der Waals surface area contributed by atoms with Gasteiger partial charge in [-0.05, 0) is 19.9 Å². The third kappa shape index (κ3) is 2.81. The van der Waals surface area contributed by atoms with Gasteiger partial charge in [0.1, 0.15) is 0 Å². The van der Waals surface area contributed by atoms with Crippen LogP contribution < -0.4 is 5.32 Å². The molecule has 0 bridgehead atoms. The summed E-state index contributed by atoms with van der Waals surface area (Å²) in [6.45, 7) is 7.39. The van der Waals surface area contributed by atoms with Crippen LogP contribution in [0.1, 0.15) is 11.4 Å². The fourth-order valence-electron chi connectivity index (χ4n) is 1.14. The van der Waals surface area contributed by atoms with Gasteiger partial charge in [0.15, 0.2) is 0 Å². The fraction of sp³-hybridized carbons (Fsp3) is 0.400. The van der Waals surface area contributed by atoms with Gasteiger partial charge in [0.05, 0.1) is 12.6 Å². The summed E-state index contributed by atoms with van der Waals surface area (Å²) in [5.74, 6) is 0.529. The molecule has 1 atom stereocenters. The number of aliphatic hydroxyl groups is 1. The zero-order valence-corrected chi connectivity index (χ0v) is 8.49. The van der Waals surface area contributed by atoms with Crippen molar-refractivity contribution >= 4 is 5.95 Å². The average molecular weight is 193 g/mol. The molecule has 4 heteroatoms. The number of aryl methyl sites for hydroxylation is 2. The van der Waals surface area contributed by atoms with Crippen LogP contribution in [-0.2, 0) is 0 Å². The Balaban J connectivity index is 2.80. The molecule has 1 rings (SSSR count). The van der Waals surface area contributed by atoms with Crippen LogP contribution in [0, 0.1) is 13.8 Å². The van der Waals surface area contributed by atoms with Gasteiger partial charge in [-0.15, -0.1) is 6.58 Å². The predicted octanol–water partition coefficient (Wildman–Crippen LogP) is 1.05. The van der Waals surface area contributed by atoms with Gasteiger partial charge < -0.3 is 10.4 Å². The quantitative estimate of drug-likeness (QED) is 0.702. The molecule has 4 nitrogen and oxygen atoms in total. The van der Waals surface area contributed by atoms with E-state index in [-0.39, 0.29) is 12.6 Å². The van der Waals surface area contributed by atoms with Gasteiger partial charge in [-0.3, -0.25) is 0 Å². The van der Waals surface area contributed by atoms with Crippen molar-refractivity contribution in [2.45, 2.75) is 19.9 Å². The predicted molar refractivity (Wildman–Crippen MR) is 56.2 cm³/mol. The number of nitrogens with one attached hydrogen (secondary N) is 1. The summed E-state index contributed by atoms with van der Waals surface area (Å²) >= 11 is 0. The van der Waals surface area contributed by atoms with Gasteiger partial charge in [0, 0.05) is 11.4 Å². The second kappa shape index (κ2) is 4.72. The summed E-state index contributed by atoms with van der Waals surface area (Å²) in [7, 11) is 0. The second-order valence-electron chi connectivity index (χ2n) is 3.14. The fourth-order valence-corrected chi connectivity index (χ4v) is 1.14. The number of aliphatic hydroxyl groups excluding tert-OH is 1. The summed E-state index contributed by atoms with van der Waals surface area (Å²) in [5, 5.41) is 11.9. The minimum atomic E-state index is -0.198. The molecule has 0 aliphatic rings. The average Bonchev–Trinajstić information content (AvgIpc) is 2.12.